The molecule has 0 radical (unpaired) electrons. The zero-order chi connectivity index (χ0) is 17.9. The predicted octanol–water partition coefficient (Wildman–Crippen LogP) is 2.31. The molecule has 0 atom stereocenters. The van der Waals surface area contributed by atoms with E-state index in [1.165, 1.54) is 31.4 Å². The lowest BCUT2D eigenvalue weighted by Gasteiger charge is -2.09. The second-order valence-corrected chi connectivity index (χ2v) is 6.18. The van der Waals surface area contributed by atoms with Crippen LogP contribution in [0.2, 0.25) is 0 Å². The van der Waals surface area contributed by atoms with E-state index in [0.29, 0.717) is 11.8 Å². The average molecular weight is 353 g/mol. The second-order valence-electron chi connectivity index (χ2n) is 4.50. The molecule has 10 nitrogen and oxygen atoms in total. The van der Waals surface area contributed by atoms with Gasteiger partial charge in [0.2, 0.25) is 0 Å². The summed E-state index contributed by atoms with van der Waals surface area (Å²) in [5, 5.41) is 21.7. The van der Waals surface area contributed by atoms with Crippen LogP contribution in [0.3, 0.4) is 0 Å². The minimum Gasteiger partial charge on any atom is -0.497 e. The van der Waals surface area contributed by atoms with Crippen LogP contribution < -0.4 is 9.46 Å². The van der Waals surface area contributed by atoms with Crippen molar-refractivity contribution in [2.75, 3.05) is 11.8 Å². The summed E-state index contributed by atoms with van der Waals surface area (Å²) in [5.74, 6) is 0.440. The van der Waals surface area contributed by atoms with Crippen LogP contribution in [0, 0.1) is 20.2 Å². The molecule has 0 saturated carbocycles. The topological polar surface area (TPSA) is 142 Å². The number of methoxy groups -OCH3 is 1. The molecule has 0 saturated heterocycles. The summed E-state index contributed by atoms with van der Waals surface area (Å²) < 4.78 is 31.5. The van der Waals surface area contributed by atoms with Crippen LogP contribution in [-0.2, 0) is 10.0 Å². The Bertz CT molecular complexity index is 894. The van der Waals surface area contributed by atoms with Gasteiger partial charge in [0.25, 0.3) is 21.4 Å². The van der Waals surface area contributed by atoms with Gasteiger partial charge < -0.3 is 4.74 Å². The number of rotatable bonds is 6. The monoisotopic (exact) mass is 353 g/mol. The Kier molecular flexibility index (Phi) is 4.64. The highest BCUT2D eigenvalue weighted by atomic mass is 32.2. The van der Waals surface area contributed by atoms with E-state index in [4.69, 9.17) is 4.74 Å². The summed E-state index contributed by atoms with van der Waals surface area (Å²) in [6, 6.07) is 7.98. The summed E-state index contributed by atoms with van der Waals surface area (Å²) in [4.78, 5) is 19.9. The molecule has 0 aromatic heterocycles. The van der Waals surface area contributed by atoms with Crippen molar-refractivity contribution in [3.05, 3.63) is 62.7 Å². The Morgan fingerprint density at radius 1 is 1.00 bits per heavy atom. The quantitative estimate of drug-likeness (QED) is 0.620. The number of non-ortho nitro benzene ring substituents is 1. The van der Waals surface area contributed by atoms with Crippen LogP contribution in [0.5, 0.6) is 5.75 Å². The van der Waals surface area contributed by atoms with Gasteiger partial charge in [-0.15, -0.1) is 0 Å². The molecule has 0 spiro atoms. The molecule has 126 valence electrons. The first-order chi connectivity index (χ1) is 11.2. The van der Waals surface area contributed by atoms with Gasteiger partial charge in [-0.05, 0) is 30.3 Å². The van der Waals surface area contributed by atoms with E-state index in [9.17, 15) is 28.6 Å². The Morgan fingerprint density at radius 3 is 2.12 bits per heavy atom. The number of nitro groups is 2. The lowest BCUT2D eigenvalue weighted by atomic mass is 10.2. The minimum atomic E-state index is -4.11. The largest absolute Gasteiger partial charge is 0.497 e. The molecule has 24 heavy (non-hydrogen) atoms. The maximum Gasteiger partial charge on any atom is 0.300 e. The third-order valence-electron chi connectivity index (χ3n) is 3.00. The molecular formula is C13H11N3O7S. The molecule has 2 rings (SSSR count). The fourth-order valence-electron chi connectivity index (χ4n) is 1.83. The summed E-state index contributed by atoms with van der Waals surface area (Å²) in [6.07, 6.45) is 0. The van der Waals surface area contributed by atoms with Gasteiger partial charge in [-0.2, -0.15) is 0 Å². The van der Waals surface area contributed by atoms with Crippen LogP contribution in [0.1, 0.15) is 0 Å². The number of sulfonamides is 1. The van der Waals surface area contributed by atoms with Crippen molar-refractivity contribution < 1.29 is 23.0 Å². The molecule has 0 heterocycles. The lowest BCUT2D eigenvalue weighted by molar-refractivity contribution is -0.393. The maximum atomic E-state index is 12.3. The molecule has 0 aliphatic rings. The summed E-state index contributed by atoms with van der Waals surface area (Å²) in [5.41, 5.74) is -1.61. The van der Waals surface area contributed by atoms with E-state index >= 15 is 0 Å². The molecule has 0 bridgehead atoms. The summed E-state index contributed by atoms with van der Waals surface area (Å²) in [7, 11) is -2.69. The van der Waals surface area contributed by atoms with Gasteiger partial charge in [0, 0.05) is 6.07 Å². The van der Waals surface area contributed by atoms with Gasteiger partial charge >= 0.3 is 0 Å². The van der Waals surface area contributed by atoms with E-state index in [1.54, 1.807) is 0 Å². The molecular weight excluding hydrogens is 342 g/mol. The first-order valence-electron chi connectivity index (χ1n) is 6.34. The van der Waals surface area contributed by atoms with Crippen LogP contribution in [0.25, 0.3) is 0 Å². The highest BCUT2D eigenvalue weighted by molar-refractivity contribution is 7.92. The van der Waals surface area contributed by atoms with Gasteiger partial charge in [0.15, 0.2) is 0 Å². The Morgan fingerprint density at radius 2 is 1.62 bits per heavy atom. The molecule has 0 fully saturated rings. The lowest BCUT2D eigenvalue weighted by Crippen LogP contribution is -2.14. The fourth-order valence-corrected chi connectivity index (χ4v) is 2.90. The standard InChI is InChI=1S/C13H11N3O7S/c1-23-10-3-5-11(6-4-10)24(21,22)14-12-7-2-9(15(17)18)8-13(12)16(19)20/h2-8,14H,1H3. The molecule has 0 unspecified atom stereocenters. The molecule has 1 N–H and O–H groups in total. The van der Waals surface area contributed by atoms with E-state index in [-0.39, 0.29) is 10.6 Å². The Hall–Kier alpha value is -3.21. The minimum absolute atomic E-state index is 0.143. The van der Waals surface area contributed by atoms with Crippen LogP contribution in [0.4, 0.5) is 17.1 Å². The van der Waals surface area contributed by atoms with Crippen LogP contribution in [-0.4, -0.2) is 25.4 Å². The fraction of sp³-hybridized carbons (Fsp3) is 0.0769. The van der Waals surface area contributed by atoms with E-state index in [1.807, 2.05) is 0 Å². The zero-order valence-electron chi connectivity index (χ0n) is 12.2. The zero-order valence-corrected chi connectivity index (χ0v) is 13.0. The van der Waals surface area contributed by atoms with Crippen LogP contribution in [0.15, 0.2) is 47.4 Å². The third kappa shape index (κ3) is 3.57. The van der Waals surface area contributed by atoms with Crippen molar-refractivity contribution in [3.8, 4) is 5.75 Å². The summed E-state index contributed by atoms with van der Waals surface area (Å²) in [6.45, 7) is 0. The predicted molar refractivity (Wildman–Crippen MR) is 83.6 cm³/mol. The van der Waals surface area contributed by atoms with Gasteiger partial charge in [-0.25, -0.2) is 8.42 Å². The third-order valence-corrected chi connectivity index (χ3v) is 4.38. The number of hydrogen-bond donors (Lipinski definition) is 1. The van der Waals surface area contributed by atoms with Crippen molar-refractivity contribution in [3.63, 3.8) is 0 Å². The molecule has 2 aromatic rings. The molecule has 0 aliphatic carbocycles. The number of benzene rings is 2. The number of nitro benzene ring substituents is 2. The van der Waals surface area contributed by atoms with E-state index < -0.39 is 31.2 Å². The van der Waals surface area contributed by atoms with Crippen molar-refractivity contribution in [1.82, 2.24) is 0 Å². The number of hydrogen-bond acceptors (Lipinski definition) is 7. The van der Waals surface area contributed by atoms with Crippen LogP contribution >= 0.6 is 0 Å². The van der Waals surface area contributed by atoms with E-state index in [0.717, 1.165) is 12.1 Å². The van der Waals surface area contributed by atoms with Crippen molar-refractivity contribution in [1.29, 1.82) is 0 Å². The molecule has 0 amide bonds. The van der Waals surface area contributed by atoms with Gasteiger partial charge in [0.1, 0.15) is 11.4 Å². The number of ether oxygens (including phenoxy) is 1. The first-order valence-corrected chi connectivity index (χ1v) is 7.82. The Labute approximate surface area is 136 Å². The number of anilines is 1. The smallest absolute Gasteiger partial charge is 0.300 e. The second kappa shape index (κ2) is 6.50. The average Bonchev–Trinajstić information content (AvgIpc) is 2.54. The Balaban J connectivity index is 2.41. The summed E-state index contributed by atoms with van der Waals surface area (Å²) >= 11 is 0. The highest BCUT2D eigenvalue weighted by Gasteiger charge is 2.24. The molecule has 11 heteroatoms. The first kappa shape index (κ1) is 17.1. The SMILES string of the molecule is COc1ccc(S(=O)(=O)Nc2ccc([N+](=O)[O-])cc2[N+](=O)[O-])cc1. The normalized spacial score (nSPS) is 10.9. The van der Waals surface area contributed by atoms with E-state index in [2.05, 4.69) is 4.72 Å². The van der Waals surface area contributed by atoms with Crippen molar-refractivity contribution in [2.45, 2.75) is 4.90 Å². The maximum absolute atomic E-state index is 12.3. The van der Waals surface area contributed by atoms with Gasteiger partial charge in [-0.1, -0.05) is 0 Å². The highest BCUT2D eigenvalue weighted by Crippen LogP contribution is 2.30. The molecule has 2 aromatic carbocycles. The van der Waals surface area contributed by atoms with Gasteiger partial charge in [-0.3, -0.25) is 25.0 Å². The molecule has 0 aliphatic heterocycles. The van der Waals surface area contributed by atoms with Crippen molar-refractivity contribution >= 4 is 27.1 Å². The van der Waals surface area contributed by atoms with Gasteiger partial charge in [0.05, 0.1) is 27.9 Å². The number of nitrogens with one attached hydrogen (secondary N) is 1. The van der Waals surface area contributed by atoms with Crippen molar-refractivity contribution in [2.24, 2.45) is 0 Å². The number of nitrogens with zero attached hydrogens (tertiary/aromatic N) is 2.